The molecule has 1 atom stereocenters. The van der Waals surface area contributed by atoms with E-state index in [4.69, 9.17) is 14.2 Å². The minimum Gasteiger partial charge on any atom is -0.328 e. The molecule has 0 heterocycles. The lowest BCUT2D eigenvalue weighted by Crippen LogP contribution is -2.47. The van der Waals surface area contributed by atoms with Crippen LogP contribution in [0.15, 0.2) is 0 Å². The maximum atomic E-state index is 5.96. The molecule has 3 nitrogen and oxygen atoms in total. The van der Waals surface area contributed by atoms with Gasteiger partial charge in [-0.1, -0.05) is 61.4 Å². The number of hydrogen-bond donors (Lipinski definition) is 0. The Kier molecular flexibility index (Phi) is 15.2. The van der Waals surface area contributed by atoms with Gasteiger partial charge in [-0.3, -0.25) is 0 Å². The predicted molar refractivity (Wildman–Crippen MR) is 97.5 cm³/mol. The fraction of sp³-hybridized carbons (Fsp3) is 1.00. The van der Waals surface area contributed by atoms with Crippen molar-refractivity contribution in [3.05, 3.63) is 0 Å². The molecule has 0 spiro atoms. The van der Waals surface area contributed by atoms with Gasteiger partial charge in [0.25, 0.3) is 5.97 Å². The molecule has 0 rings (SSSR count). The third-order valence-electron chi connectivity index (χ3n) is 3.90. The predicted octanol–water partition coefficient (Wildman–Crippen LogP) is 5.90. The van der Waals surface area contributed by atoms with Gasteiger partial charge in [0.2, 0.25) is 0 Å². The lowest BCUT2D eigenvalue weighted by Gasteiger charge is -2.39. The lowest BCUT2D eigenvalue weighted by molar-refractivity contribution is -0.402. The van der Waals surface area contributed by atoms with Crippen molar-refractivity contribution >= 4 is 15.9 Å². The average Bonchev–Trinajstić information content (AvgIpc) is 2.50. The van der Waals surface area contributed by atoms with E-state index in [1.54, 1.807) is 0 Å². The minimum absolute atomic E-state index is 0.276. The van der Waals surface area contributed by atoms with Gasteiger partial charge in [0.15, 0.2) is 0 Å². The van der Waals surface area contributed by atoms with E-state index in [0.717, 1.165) is 18.2 Å². The zero-order valence-electron chi connectivity index (χ0n) is 15.2. The molecule has 22 heavy (non-hydrogen) atoms. The molecule has 0 amide bonds. The number of hydrogen-bond acceptors (Lipinski definition) is 3. The smallest absolute Gasteiger partial charge is 0.285 e. The van der Waals surface area contributed by atoms with Crippen LogP contribution in [0.4, 0.5) is 0 Å². The topological polar surface area (TPSA) is 27.7 Å². The summed E-state index contributed by atoms with van der Waals surface area (Å²) in [7, 11) is 0. The van der Waals surface area contributed by atoms with Gasteiger partial charge in [0.05, 0.1) is 0 Å². The second-order valence-corrected chi connectivity index (χ2v) is 6.43. The highest BCUT2D eigenvalue weighted by atomic mass is 79.9. The first kappa shape index (κ1) is 22.4. The van der Waals surface area contributed by atoms with E-state index < -0.39 is 5.97 Å². The fourth-order valence-corrected chi connectivity index (χ4v) is 3.44. The van der Waals surface area contributed by atoms with E-state index in [2.05, 4.69) is 22.9 Å². The van der Waals surface area contributed by atoms with Crippen LogP contribution in [-0.4, -0.2) is 31.1 Å². The molecule has 0 aromatic heterocycles. The minimum atomic E-state index is -0.866. The molecule has 0 radical (unpaired) electrons. The van der Waals surface area contributed by atoms with Crippen molar-refractivity contribution in [1.82, 2.24) is 0 Å². The normalized spacial score (nSPS) is 13.5. The molecule has 0 saturated heterocycles. The number of ether oxygens (including phenoxy) is 3. The van der Waals surface area contributed by atoms with E-state index in [1.165, 1.54) is 38.5 Å². The summed E-state index contributed by atoms with van der Waals surface area (Å²) in [5, 5.41) is 0.947. The highest BCUT2D eigenvalue weighted by molar-refractivity contribution is 9.09. The van der Waals surface area contributed by atoms with Gasteiger partial charge >= 0.3 is 0 Å². The summed E-state index contributed by atoms with van der Waals surface area (Å²) in [6, 6.07) is 0. The summed E-state index contributed by atoms with van der Waals surface area (Å²) in [4.78, 5) is 0. The first-order valence-electron chi connectivity index (χ1n) is 9.18. The zero-order chi connectivity index (χ0) is 16.7. The highest BCUT2D eigenvalue weighted by Gasteiger charge is 2.41. The molecule has 0 saturated carbocycles. The van der Waals surface area contributed by atoms with Gasteiger partial charge < -0.3 is 14.2 Å². The number of alkyl halides is 1. The Bertz CT molecular complexity index is 219. The van der Waals surface area contributed by atoms with Crippen LogP contribution in [0.5, 0.6) is 0 Å². The molecular formula is C18H37BrO3. The largest absolute Gasteiger partial charge is 0.328 e. The van der Waals surface area contributed by atoms with Gasteiger partial charge in [-0.15, -0.1) is 0 Å². The summed E-state index contributed by atoms with van der Waals surface area (Å²) in [5.74, 6) is -0.590. The Balaban J connectivity index is 4.58. The molecule has 0 aromatic carbocycles. The van der Waals surface area contributed by atoms with Gasteiger partial charge in [-0.05, 0) is 33.6 Å². The van der Waals surface area contributed by atoms with Crippen LogP contribution in [-0.2, 0) is 14.2 Å². The van der Waals surface area contributed by atoms with Crippen LogP contribution < -0.4 is 0 Å². The molecule has 0 aliphatic carbocycles. The Hall–Kier alpha value is 0.360. The van der Waals surface area contributed by atoms with Crippen molar-refractivity contribution in [2.24, 2.45) is 5.92 Å². The zero-order valence-corrected chi connectivity index (χ0v) is 16.8. The van der Waals surface area contributed by atoms with Gasteiger partial charge in [-0.2, -0.15) is 0 Å². The molecular weight excluding hydrogens is 344 g/mol. The summed E-state index contributed by atoms with van der Waals surface area (Å²) < 4.78 is 17.9. The van der Waals surface area contributed by atoms with Crippen molar-refractivity contribution in [1.29, 1.82) is 0 Å². The quantitative estimate of drug-likeness (QED) is 0.189. The summed E-state index contributed by atoms with van der Waals surface area (Å²) in [5.41, 5.74) is 0. The van der Waals surface area contributed by atoms with Crippen LogP contribution in [0, 0.1) is 5.92 Å². The number of rotatable bonds is 16. The fourth-order valence-electron chi connectivity index (χ4n) is 2.88. The summed E-state index contributed by atoms with van der Waals surface area (Å²) >= 11 is 3.57. The molecule has 4 heteroatoms. The second kappa shape index (κ2) is 14.9. The second-order valence-electron chi connectivity index (χ2n) is 5.63. The average molecular weight is 381 g/mol. The maximum absolute atomic E-state index is 5.96. The van der Waals surface area contributed by atoms with Crippen LogP contribution in [0.1, 0.15) is 79.1 Å². The highest BCUT2D eigenvalue weighted by Crippen LogP contribution is 2.33. The van der Waals surface area contributed by atoms with E-state index >= 15 is 0 Å². The van der Waals surface area contributed by atoms with Crippen molar-refractivity contribution < 1.29 is 14.2 Å². The van der Waals surface area contributed by atoms with Gasteiger partial charge in [0.1, 0.15) is 0 Å². The third-order valence-corrected chi connectivity index (χ3v) is 4.36. The molecule has 0 N–H and O–H groups in total. The van der Waals surface area contributed by atoms with Crippen molar-refractivity contribution in [2.75, 3.05) is 25.2 Å². The van der Waals surface area contributed by atoms with E-state index in [9.17, 15) is 0 Å². The monoisotopic (exact) mass is 380 g/mol. The van der Waals surface area contributed by atoms with Crippen LogP contribution in [0.2, 0.25) is 0 Å². The number of halogens is 1. The summed E-state index contributed by atoms with van der Waals surface area (Å²) in [6.45, 7) is 10.1. The molecule has 0 bridgehead atoms. The van der Waals surface area contributed by atoms with Crippen molar-refractivity contribution in [3.8, 4) is 0 Å². The van der Waals surface area contributed by atoms with Gasteiger partial charge in [0, 0.05) is 31.1 Å². The Labute approximate surface area is 146 Å². The Morgan fingerprint density at radius 1 is 0.727 bits per heavy atom. The van der Waals surface area contributed by atoms with Crippen molar-refractivity contribution in [3.63, 3.8) is 0 Å². The SMILES string of the molecule is CCCCCCCCC(CCBr)C(OCC)(OCC)OCC. The summed E-state index contributed by atoms with van der Waals surface area (Å²) in [6.07, 6.45) is 9.95. The van der Waals surface area contributed by atoms with Crippen LogP contribution in [0.3, 0.4) is 0 Å². The Morgan fingerprint density at radius 3 is 1.68 bits per heavy atom. The van der Waals surface area contributed by atoms with Gasteiger partial charge in [-0.25, -0.2) is 0 Å². The lowest BCUT2D eigenvalue weighted by atomic mass is 9.95. The molecule has 1 unspecified atom stereocenters. The van der Waals surface area contributed by atoms with E-state index in [-0.39, 0.29) is 5.92 Å². The van der Waals surface area contributed by atoms with Crippen LogP contribution in [0.25, 0.3) is 0 Å². The molecule has 0 fully saturated rings. The van der Waals surface area contributed by atoms with Crippen molar-refractivity contribution in [2.45, 2.75) is 85.0 Å². The molecule has 0 aromatic rings. The molecule has 134 valence electrons. The number of unbranched alkanes of at least 4 members (excludes halogenated alkanes) is 5. The van der Waals surface area contributed by atoms with E-state index in [1.807, 2.05) is 20.8 Å². The molecule has 0 aliphatic rings. The van der Waals surface area contributed by atoms with E-state index in [0.29, 0.717) is 19.8 Å². The molecule has 0 aliphatic heterocycles. The standard InChI is InChI=1S/C18H37BrO3/c1-5-9-10-11-12-13-14-17(15-16-19)18(20-6-2,21-7-3)22-8-4/h17H,5-16H2,1-4H3. The first-order chi connectivity index (χ1) is 10.7. The van der Waals surface area contributed by atoms with Crippen LogP contribution >= 0.6 is 15.9 Å². The Morgan fingerprint density at radius 2 is 1.23 bits per heavy atom. The first-order valence-corrected chi connectivity index (χ1v) is 10.3. The third kappa shape index (κ3) is 8.85. The maximum Gasteiger partial charge on any atom is 0.285 e.